The smallest absolute Gasteiger partial charge is 0.131 e. The first kappa shape index (κ1) is 13.1. The lowest BCUT2D eigenvalue weighted by molar-refractivity contribution is 0.206. The monoisotopic (exact) mass is 249 g/mol. The van der Waals surface area contributed by atoms with Crippen LogP contribution in [-0.4, -0.2) is 47.6 Å². The van der Waals surface area contributed by atoms with Gasteiger partial charge in [0.15, 0.2) is 0 Å². The zero-order valence-electron chi connectivity index (χ0n) is 11.5. The lowest BCUT2D eigenvalue weighted by Crippen LogP contribution is -2.43. The van der Waals surface area contributed by atoms with E-state index in [1.165, 1.54) is 0 Å². The second-order valence-corrected chi connectivity index (χ2v) is 5.10. The van der Waals surface area contributed by atoms with Gasteiger partial charge < -0.3 is 15.5 Å². The lowest BCUT2D eigenvalue weighted by Gasteiger charge is -2.35. The Morgan fingerprint density at radius 3 is 2.89 bits per heavy atom. The molecule has 1 aliphatic heterocycles. The highest BCUT2D eigenvalue weighted by atomic mass is 15.1. The van der Waals surface area contributed by atoms with Gasteiger partial charge in [-0.1, -0.05) is 6.92 Å². The number of piperidine rings is 1. The molecule has 2 N–H and O–H groups in total. The van der Waals surface area contributed by atoms with Gasteiger partial charge in [0.2, 0.25) is 0 Å². The molecule has 5 heteroatoms. The maximum absolute atomic E-state index is 4.29. The number of nitrogens with one attached hydrogen (secondary N) is 2. The SMILES string of the molecule is CCNc1cc(NC2CCN(C)CC2C)ncn1. The van der Waals surface area contributed by atoms with Crippen molar-refractivity contribution in [1.29, 1.82) is 0 Å². The topological polar surface area (TPSA) is 53.1 Å². The molecule has 2 rings (SSSR count). The first-order valence-corrected chi connectivity index (χ1v) is 6.70. The molecule has 18 heavy (non-hydrogen) atoms. The molecule has 0 bridgehead atoms. The van der Waals surface area contributed by atoms with Crippen molar-refractivity contribution in [2.24, 2.45) is 5.92 Å². The Kier molecular flexibility index (Phi) is 4.36. The van der Waals surface area contributed by atoms with Crippen LogP contribution >= 0.6 is 0 Å². The summed E-state index contributed by atoms with van der Waals surface area (Å²) in [7, 11) is 2.18. The zero-order chi connectivity index (χ0) is 13.0. The van der Waals surface area contributed by atoms with Crippen LogP contribution < -0.4 is 10.6 Å². The molecule has 0 aliphatic carbocycles. The maximum atomic E-state index is 4.29. The van der Waals surface area contributed by atoms with Crippen LogP contribution in [0.15, 0.2) is 12.4 Å². The first-order valence-electron chi connectivity index (χ1n) is 6.70. The van der Waals surface area contributed by atoms with E-state index in [4.69, 9.17) is 0 Å². The maximum Gasteiger partial charge on any atom is 0.131 e. The molecule has 0 saturated carbocycles. The quantitative estimate of drug-likeness (QED) is 0.850. The number of rotatable bonds is 4. The number of hydrogen-bond acceptors (Lipinski definition) is 5. The summed E-state index contributed by atoms with van der Waals surface area (Å²) in [4.78, 5) is 10.9. The van der Waals surface area contributed by atoms with Gasteiger partial charge in [-0.15, -0.1) is 0 Å². The van der Waals surface area contributed by atoms with Crippen molar-refractivity contribution in [3.8, 4) is 0 Å². The third-order valence-electron chi connectivity index (χ3n) is 3.47. The number of nitrogens with zero attached hydrogens (tertiary/aromatic N) is 3. The molecule has 1 saturated heterocycles. The Bertz CT molecular complexity index is 381. The molecule has 100 valence electrons. The molecule has 2 unspecified atom stereocenters. The van der Waals surface area contributed by atoms with Crippen molar-refractivity contribution in [1.82, 2.24) is 14.9 Å². The fraction of sp³-hybridized carbons (Fsp3) is 0.692. The van der Waals surface area contributed by atoms with Crippen molar-refractivity contribution in [3.63, 3.8) is 0 Å². The van der Waals surface area contributed by atoms with Gasteiger partial charge in [0.1, 0.15) is 18.0 Å². The van der Waals surface area contributed by atoms with Gasteiger partial charge in [-0.25, -0.2) is 9.97 Å². The second-order valence-electron chi connectivity index (χ2n) is 5.10. The molecule has 0 amide bonds. The van der Waals surface area contributed by atoms with Gasteiger partial charge in [-0.05, 0) is 32.9 Å². The number of hydrogen-bond donors (Lipinski definition) is 2. The van der Waals surface area contributed by atoms with E-state index in [0.29, 0.717) is 12.0 Å². The van der Waals surface area contributed by atoms with Crippen LogP contribution in [0.2, 0.25) is 0 Å². The fourth-order valence-electron chi connectivity index (χ4n) is 2.47. The third-order valence-corrected chi connectivity index (χ3v) is 3.47. The third kappa shape index (κ3) is 3.32. The summed E-state index contributed by atoms with van der Waals surface area (Å²) in [5.74, 6) is 2.44. The van der Waals surface area contributed by atoms with Gasteiger partial charge >= 0.3 is 0 Å². The van der Waals surface area contributed by atoms with E-state index < -0.39 is 0 Å². The predicted octanol–water partition coefficient (Wildman–Crippen LogP) is 1.66. The van der Waals surface area contributed by atoms with Crippen LogP contribution in [0.5, 0.6) is 0 Å². The standard InChI is InChI=1S/C13H23N5/c1-4-14-12-7-13(16-9-15-12)17-11-5-6-18(3)8-10(11)2/h7,9-11H,4-6,8H2,1-3H3,(H2,14,15,16,17). The van der Waals surface area contributed by atoms with Gasteiger partial charge in [-0.3, -0.25) is 0 Å². The van der Waals surface area contributed by atoms with E-state index in [-0.39, 0.29) is 0 Å². The minimum atomic E-state index is 0.505. The lowest BCUT2D eigenvalue weighted by atomic mass is 9.94. The molecular weight excluding hydrogens is 226 g/mol. The highest BCUT2D eigenvalue weighted by Crippen LogP contribution is 2.20. The van der Waals surface area contributed by atoms with Crippen LogP contribution in [0, 0.1) is 5.92 Å². The average Bonchev–Trinajstić information content (AvgIpc) is 2.34. The molecular formula is C13H23N5. The molecule has 2 atom stereocenters. The van der Waals surface area contributed by atoms with Crippen LogP contribution in [0.4, 0.5) is 11.6 Å². The summed E-state index contributed by atoms with van der Waals surface area (Å²) in [6.45, 7) is 7.52. The van der Waals surface area contributed by atoms with Crippen molar-refractivity contribution in [3.05, 3.63) is 12.4 Å². The zero-order valence-corrected chi connectivity index (χ0v) is 11.5. The van der Waals surface area contributed by atoms with Crippen LogP contribution in [0.1, 0.15) is 20.3 Å². The molecule has 1 aliphatic rings. The van der Waals surface area contributed by atoms with Crippen molar-refractivity contribution < 1.29 is 0 Å². The van der Waals surface area contributed by atoms with Crippen LogP contribution in [0.3, 0.4) is 0 Å². The van der Waals surface area contributed by atoms with Crippen molar-refractivity contribution >= 4 is 11.6 Å². The van der Waals surface area contributed by atoms with Crippen LogP contribution in [-0.2, 0) is 0 Å². The highest BCUT2D eigenvalue weighted by Gasteiger charge is 2.24. The highest BCUT2D eigenvalue weighted by molar-refractivity contribution is 5.46. The average molecular weight is 249 g/mol. The Morgan fingerprint density at radius 1 is 1.39 bits per heavy atom. The van der Waals surface area contributed by atoms with Gasteiger partial charge in [0.25, 0.3) is 0 Å². The molecule has 1 aromatic rings. The minimum absolute atomic E-state index is 0.505. The summed E-state index contributed by atoms with van der Waals surface area (Å²) in [6.07, 6.45) is 2.78. The number of likely N-dealkylation sites (tertiary alicyclic amines) is 1. The Labute approximate surface area is 109 Å². The normalized spacial score (nSPS) is 24.8. The van der Waals surface area contributed by atoms with E-state index in [0.717, 1.165) is 37.7 Å². The molecule has 1 aromatic heterocycles. The first-order chi connectivity index (χ1) is 8.69. The Hall–Kier alpha value is -1.36. The van der Waals surface area contributed by atoms with E-state index in [1.807, 2.05) is 6.07 Å². The van der Waals surface area contributed by atoms with Gasteiger partial charge in [-0.2, -0.15) is 0 Å². The summed E-state index contributed by atoms with van der Waals surface area (Å²) in [5.41, 5.74) is 0. The minimum Gasteiger partial charge on any atom is -0.370 e. The summed E-state index contributed by atoms with van der Waals surface area (Å²) >= 11 is 0. The summed E-state index contributed by atoms with van der Waals surface area (Å²) < 4.78 is 0. The molecule has 0 radical (unpaired) electrons. The Morgan fingerprint density at radius 2 is 2.17 bits per heavy atom. The van der Waals surface area contributed by atoms with Crippen molar-refractivity contribution in [2.75, 3.05) is 37.3 Å². The van der Waals surface area contributed by atoms with Gasteiger partial charge in [0, 0.05) is 25.2 Å². The molecule has 0 aromatic carbocycles. The van der Waals surface area contributed by atoms with Gasteiger partial charge in [0.05, 0.1) is 0 Å². The van der Waals surface area contributed by atoms with E-state index in [9.17, 15) is 0 Å². The fourth-order valence-corrected chi connectivity index (χ4v) is 2.47. The molecule has 0 spiro atoms. The number of aromatic nitrogens is 2. The molecule has 2 heterocycles. The second kappa shape index (κ2) is 6.00. The van der Waals surface area contributed by atoms with Crippen molar-refractivity contribution in [2.45, 2.75) is 26.3 Å². The molecule has 1 fully saturated rings. The summed E-state index contributed by atoms with van der Waals surface area (Å²) in [5, 5.41) is 6.74. The largest absolute Gasteiger partial charge is 0.370 e. The number of anilines is 2. The summed E-state index contributed by atoms with van der Waals surface area (Å²) in [6, 6.07) is 2.49. The van der Waals surface area contributed by atoms with Crippen LogP contribution in [0.25, 0.3) is 0 Å². The predicted molar refractivity (Wildman–Crippen MR) is 74.9 cm³/mol. The molecule has 5 nitrogen and oxygen atoms in total. The van der Waals surface area contributed by atoms with E-state index in [2.05, 4.69) is 46.4 Å². The van der Waals surface area contributed by atoms with E-state index in [1.54, 1.807) is 6.33 Å². The van der Waals surface area contributed by atoms with E-state index >= 15 is 0 Å². The Balaban J connectivity index is 1.98.